The van der Waals surface area contributed by atoms with Gasteiger partial charge in [0.1, 0.15) is 12.1 Å². The van der Waals surface area contributed by atoms with Crippen LogP contribution in [0.3, 0.4) is 0 Å². The van der Waals surface area contributed by atoms with E-state index in [4.69, 9.17) is 16.6 Å². The van der Waals surface area contributed by atoms with Gasteiger partial charge in [0.15, 0.2) is 0 Å². The monoisotopic (exact) mass is 316 g/mol. The van der Waals surface area contributed by atoms with Crippen molar-refractivity contribution in [3.05, 3.63) is 0 Å². The van der Waals surface area contributed by atoms with Gasteiger partial charge in [0.05, 0.1) is 12.5 Å². The van der Waals surface area contributed by atoms with Crippen LogP contribution >= 0.6 is 0 Å². The van der Waals surface area contributed by atoms with Gasteiger partial charge in [0, 0.05) is 0 Å². The standard InChI is InChI=1S/C13H24N4O5/c1-4-6(2)10(13(21)22)17-11(19)7(3)16-12(20)8(14)5-9(15)18/h6-8,10H,4-5,14H2,1-3H3,(H2,15,18)(H,16,20)(H,17,19)(H,21,22)/t6-,7-,8-,10-/m0/s1. The van der Waals surface area contributed by atoms with Gasteiger partial charge in [-0.25, -0.2) is 4.79 Å². The van der Waals surface area contributed by atoms with Gasteiger partial charge in [-0.15, -0.1) is 0 Å². The second-order valence-electron chi connectivity index (χ2n) is 5.22. The number of nitrogens with two attached hydrogens (primary N) is 2. The van der Waals surface area contributed by atoms with E-state index in [2.05, 4.69) is 10.6 Å². The number of rotatable bonds is 9. The number of carboxylic acid groups (broad SMARTS) is 1. The van der Waals surface area contributed by atoms with Gasteiger partial charge in [0.25, 0.3) is 0 Å². The first kappa shape index (κ1) is 19.8. The first-order valence-electron chi connectivity index (χ1n) is 6.97. The topological polar surface area (TPSA) is 165 Å². The Hall–Kier alpha value is -2.16. The highest BCUT2D eigenvalue weighted by Gasteiger charge is 2.28. The average Bonchev–Trinajstić information content (AvgIpc) is 2.42. The number of carbonyl (C=O) groups is 4. The fourth-order valence-electron chi connectivity index (χ4n) is 1.66. The third kappa shape index (κ3) is 6.53. The van der Waals surface area contributed by atoms with Crippen LogP contribution in [-0.4, -0.2) is 46.9 Å². The molecular formula is C13H24N4O5. The molecule has 0 aromatic rings. The minimum Gasteiger partial charge on any atom is -0.480 e. The molecule has 0 rings (SSSR count). The average molecular weight is 316 g/mol. The highest BCUT2D eigenvalue weighted by atomic mass is 16.4. The van der Waals surface area contributed by atoms with Gasteiger partial charge in [-0.2, -0.15) is 0 Å². The zero-order valence-electron chi connectivity index (χ0n) is 13.0. The number of carboxylic acids is 1. The predicted octanol–water partition coefficient (Wildman–Crippen LogP) is -1.69. The summed E-state index contributed by atoms with van der Waals surface area (Å²) in [5.41, 5.74) is 10.4. The molecule has 0 spiro atoms. The molecule has 7 N–H and O–H groups in total. The number of primary amides is 1. The summed E-state index contributed by atoms with van der Waals surface area (Å²) in [6.45, 7) is 4.89. The molecule has 0 heterocycles. The van der Waals surface area contributed by atoms with E-state index in [1.807, 2.05) is 0 Å². The summed E-state index contributed by atoms with van der Waals surface area (Å²) in [7, 11) is 0. The maximum absolute atomic E-state index is 11.9. The van der Waals surface area contributed by atoms with Crippen LogP contribution in [0.4, 0.5) is 0 Å². The van der Waals surface area contributed by atoms with Crippen LogP contribution in [0.25, 0.3) is 0 Å². The largest absolute Gasteiger partial charge is 0.480 e. The number of carbonyl (C=O) groups excluding carboxylic acids is 3. The van der Waals surface area contributed by atoms with Crippen molar-refractivity contribution >= 4 is 23.7 Å². The predicted molar refractivity (Wildman–Crippen MR) is 78.4 cm³/mol. The lowest BCUT2D eigenvalue weighted by atomic mass is 9.99. The molecule has 0 unspecified atom stereocenters. The first-order chi connectivity index (χ1) is 10.1. The van der Waals surface area contributed by atoms with Crippen LogP contribution in [0.2, 0.25) is 0 Å². The van der Waals surface area contributed by atoms with Crippen LogP contribution in [-0.2, 0) is 19.2 Å². The van der Waals surface area contributed by atoms with E-state index in [9.17, 15) is 19.2 Å². The Bertz CT molecular complexity index is 440. The van der Waals surface area contributed by atoms with Crippen LogP contribution in [0.15, 0.2) is 0 Å². The van der Waals surface area contributed by atoms with Gasteiger partial charge in [0.2, 0.25) is 17.7 Å². The quantitative estimate of drug-likeness (QED) is 0.340. The zero-order valence-corrected chi connectivity index (χ0v) is 13.0. The van der Waals surface area contributed by atoms with Crippen LogP contribution < -0.4 is 22.1 Å². The Morgan fingerprint density at radius 2 is 1.64 bits per heavy atom. The van der Waals surface area contributed by atoms with E-state index in [1.54, 1.807) is 13.8 Å². The van der Waals surface area contributed by atoms with Crippen molar-refractivity contribution in [1.29, 1.82) is 0 Å². The maximum atomic E-state index is 11.9. The molecule has 3 amide bonds. The summed E-state index contributed by atoms with van der Waals surface area (Å²) < 4.78 is 0. The van der Waals surface area contributed by atoms with E-state index in [0.29, 0.717) is 6.42 Å². The molecule has 0 saturated heterocycles. The van der Waals surface area contributed by atoms with E-state index in [1.165, 1.54) is 6.92 Å². The lowest BCUT2D eigenvalue weighted by molar-refractivity contribution is -0.143. The zero-order chi connectivity index (χ0) is 17.4. The summed E-state index contributed by atoms with van der Waals surface area (Å²) in [5, 5.41) is 13.8. The molecule has 0 aromatic carbocycles. The van der Waals surface area contributed by atoms with Crippen LogP contribution in [0, 0.1) is 5.92 Å². The third-order valence-corrected chi connectivity index (χ3v) is 3.29. The van der Waals surface area contributed by atoms with Crippen molar-refractivity contribution in [3.63, 3.8) is 0 Å². The van der Waals surface area contributed by atoms with Crippen molar-refractivity contribution in [1.82, 2.24) is 10.6 Å². The van der Waals surface area contributed by atoms with Gasteiger partial charge >= 0.3 is 5.97 Å². The number of nitrogens with one attached hydrogen (secondary N) is 2. The van der Waals surface area contributed by atoms with Crippen molar-refractivity contribution in [2.24, 2.45) is 17.4 Å². The molecule has 4 atom stereocenters. The molecule has 9 heteroatoms. The van der Waals surface area contributed by atoms with Crippen molar-refractivity contribution in [3.8, 4) is 0 Å². The molecule has 0 radical (unpaired) electrons. The minimum atomic E-state index is -1.16. The summed E-state index contributed by atoms with van der Waals surface area (Å²) in [5.74, 6) is -3.50. The summed E-state index contributed by atoms with van der Waals surface area (Å²) >= 11 is 0. The fourth-order valence-corrected chi connectivity index (χ4v) is 1.66. The highest BCUT2D eigenvalue weighted by Crippen LogP contribution is 2.08. The van der Waals surface area contributed by atoms with E-state index < -0.39 is 41.8 Å². The second kappa shape index (κ2) is 8.98. The van der Waals surface area contributed by atoms with Crippen molar-refractivity contribution < 1.29 is 24.3 Å². The lowest BCUT2D eigenvalue weighted by Crippen LogP contribution is -2.54. The number of hydrogen-bond acceptors (Lipinski definition) is 5. The van der Waals surface area contributed by atoms with E-state index >= 15 is 0 Å². The lowest BCUT2D eigenvalue weighted by Gasteiger charge is -2.23. The van der Waals surface area contributed by atoms with Crippen LogP contribution in [0.1, 0.15) is 33.6 Å². The Morgan fingerprint density at radius 1 is 1.09 bits per heavy atom. The molecular weight excluding hydrogens is 292 g/mol. The molecule has 0 fully saturated rings. The molecule has 0 bridgehead atoms. The number of aliphatic carboxylic acids is 1. The Labute approximate surface area is 128 Å². The fraction of sp³-hybridized carbons (Fsp3) is 0.692. The molecule has 0 aromatic heterocycles. The van der Waals surface area contributed by atoms with E-state index in [0.717, 1.165) is 0 Å². The Balaban J connectivity index is 4.62. The molecule has 0 aliphatic rings. The number of hydrogen-bond donors (Lipinski definition) is 5. The Kier molecular flexibility index (Phi) is 8.10. The molecule has 22 heavy (non-hydrogen) atoms. The Morgan fingerprint density at radius 3 is 2.05 bits per heavy atom. The van der Waals surface area contributed by atoms with Gasteiger partial charge < -0.3 is 27.2 Å². The normalized spacial score (nSPS) is 16.0. The minimum absolute atomic E-state index is 0.263. The molecule has 126 valence electrons. The summed E-state index contributed by atoms with van der Waals surface area (Å²) in [6, 6.07) is -3.19. The van der Waals surface area contributed by atoms with Crippen molar-refractivity contribution in [2.45, 2.75) is 51.7 Å². The maximum Gasteiger partial charge on any atom is 0.326 e. The van der Waals surface area contributed by atoms with Crippen LogP contribution in [0.5, 0.6) is 0 Å². The molecule has 0 aliphatic carbocycles. The number of amides is 3. The summed E-state index contributed by atoms with van der Waals surface area (Å²) in [6.07, 6.45) is 0.228. The highest BCUT2D eigenvalue weighted by molar-refractivity contribution is 5.93. The first-order valence-corrected chi connectivity index (χ1v) is 6.97. The van der Waals surface area contributed by atoms with E-state index in [-0.39, 0.29) is 12.3 Å². The third-order valence-electron chi connectivity index (χ3n) is 3.29. The second-order valence-corrected chi connectivity index (χ2v) is 5.22. The van der Waals surface area contributed by atoms with Gasteiger partial charge in [-0.1, -0.05) is 20.3 Å². The van der Waals surface area contributed by atoms with Gasteiger partial charge in [-0.3, -0.25) is 14.4 Å². The molecule has 9 nitrogen and oxygen atoms in total. The molecule has 0 saturated carbocycles. The van der Waals surface area contributed by atoms with Crippen molar-refractivity contribution in [2.75, 3.05) is 0 Å². The summed E-state index contributed by atoms with van der Waals surface area (Å²) in [4.78, 5) is 45.4. The molecule has 0 aliphatic heterocycles. The SMILES string of the molecule is CC[C@H](C)[C@H](NC(=O)[C@H](C)NC(=O)[C@@H](N)CC(N)=O)C(=O)O. The smallest absolute Gasteiger partial charge is 0.326 e. The van der Waals surface area contributed by atoms with Gasteiger partial charge in [-0.05, 0) is 12.8 Å².